The van der Waals surface area contributed by atoms with Crippen LogP contribution in [-0.2, 0) is 6.54 Å². The highest BCUT2D eigenvalue weighted by atomic mass is 16.6. The van der Waals surface area contributed by atoms with Crippen LogP contribution in [0, 0.1) is 0 Å². The second-order valence-corrected chi connectivity index (χ2v) is 6.16. The normalized spacial score (nSPS) is 18.8. The molecule has 0 atom stereocenters. The molecular weight excluding hydrogens is 290 g/mol. The van der Waals surface area contributed by atoms with E-state index in [1.54, 1.807) is 12.4 Å². The van der Waals surface area contributed by atoms with Crippen LogP contribution in [0.1, 0.15) is 30.0 Å². The molecule has 5 heteroatoms. The van der Waals surface area contributed by atoms with E-state index in [4.69, 9.17) is 9.47 Å². The van der Waals surface area contributed by atoms with E-state index in [0.29, 0.717) is 19.1 Å². The van der Waals surface area contributed by atoms with E-state index in [2.05, 4.69) is 27.0 Å². The van der Waals surface area contributed by atoms with Gasteiger partial charge in [-0.25, -0.2) is 0 Å². The maximum absolute atomic E-state index is 5.67. The van der Waals surface area contributed by atoms with Gasteiger partial charge in [0.2, 0.25) is 0 Å². The zero-order valence-electron chi connectivity index (χ0n) is 13.1. The van der Waals surface area contributed by atoms with E-state index in [-0.39, 0.29) is 0 Å². The molecule has 2 aliphatic rings. The molecule has 0 N–H and O–H groups in total. The number of likely N-dealkylation sites (tertiary alicyclic amines) is 1. The minimum absolute atomic E-state index is 0.542. The Labute approximate surface area is 136 Å². The molecule has 0 saturated carbocycles. The molecule has 1 aromatic carbocycles. The van der Waals surface area contributed by atoms with Crippen molar-refractivity contribution in [1.82, 2.24) is 14.9 Å². The van der Waals surface area contributed by atoms with E-state index in [1.807, 2.05) is 12.3 Å². The standard InChI is InChI=1S/C18H21N3O2/c1-2-17-18(23-10-9-22-17)11-14(1)13-21-7-3-15(4-8-21)16-12-19-5-6-20-16/h1-2,5-6,11-12,15H,3-4,7-10,13H2. The maximum Gasteiger partial charge on any atom is 0.161 e. The third-order valence-electron chi connectivity index (χ3n) is 4.60. The largest absolute Gasteiger partial charge is 0.486 e. The Kier molecular flexibility index (Phi) is 4.11. The van der Waals surface area contributed by atoms with Crippen LogP contribution in [-0.4, -0.2) is 41.2 Å². The molecule has 5 nitrogen and oxygen atoms in total. The summed E-state index contributed by atoms with van der Waals surface area (Å²) in [5.74, 6) is 2.28. The summed E-state index contributed by atoms with van der Waals surface area (Å²) in [5.41, 5.74) is 2.42. The van der Waals surface area contributed by atoms with Crippen molar-refractivity contribution in [1.29, 1.82) is 0 Å². The molecular formula is C18H21N3O2. The van der Waals surface area contributed by atoms with Crippen LogP contribution in [0.15, 0.2) is 36.8 Å². The summed E-state index contributed by atoms with van der Waals surface area (Å²) in [7, 11) is 0. The van der Waals surface area contributed by atoms with E-state index < -0.39 is 0 Å². The molecule has 1 fully saturated rings. The first-order valence-corrected chi connectivity index (χ1v) is 8.25. The van der Waals surface area contributed by atoms with Gasteiger partial charge >= 0.3 is 0 Å². The molecule has 1 aromatic heterocycles. The first kappa shape index (κ1) is 14.5. The number of aromatic nitrogens is 2. The van der Waals surface area contributed by atoms with Crippen molar-refractivity contribution in [3.05, 3.63) is 48.0 Å². The van der Waals surface area contributed by atoms with Gasteiger partial charge < -0.3 is 9.47 Å². The van der Waals surface area contributed by atoms with Crippen LogP contribution in [0.25, 0.3) is 0 Å². The van der Waals surface area contributed by atoms with Gasteiger partial charge in [-0.3, -0.25) is 14.9 Å². The smallest absolute Gasteiger partial charge is 0.161 e. The van der Waals surface area contributed by atoms with Crippen molar-refractivity contribution in [2.45, 2.75) is 25.3 Å². The van der Waals surface area contributed by atoms with Gasteiger partial charge in [0.15, 0.2) is 11.5 Å². The molecule has 0 amide bonds. The summed E-state index contributed by atoms with van der Waals surface area (Å²) in [6.07, 6.45) is 7.71. The first-order valence-electron chi connectivity index (χ1n) is 8.25. The Morgan fingerprint density at radius 3 is 2.65 bits per heavy atom. The molecule has 120 valence electrons. The van der Waals surface area contributed by atoms with Gasteiger partial charge in [-0.15, -0.1) is 0 Å². The fourth-order valence-corrected chi connectivity index (χ4v) is 3.35. The highest BCUT2D eigenvalue weighted by Crippen LogP contribution is 2.32. The molecule has 2 aliphatic heterocycles. The Morgan fingerprint density at radius 2 is 1.87 bits per heavy atom. The lowest BCUT2D eigenvalue weighted by atomic mass is 9.93. The fraction of sp³-hybridized carbons (Fsp3) is 0.444. The predicted octanol–water partition coefficient (Wildman–Crippen LogP) is 2.63. The average Bonchev–Trinajstić information content (AvgIpc) is 2.63. The van der Waals surface area contributed by atoms with Crippen LogP contribution >= 0.6 is 0 Å². The lowest BCUT2D eigenvalue weighted by Gasteiger charge is -2.31. The van der Waals surface area contributed by atoms with Crippen LogP contribution in [0.5, 0.6) is 11.5 Å². The molecule has 23 heavy (non-hydrogen) atoms. The van der Waals surface area contributed by atoms with Crippen molar-refractivity contribution < 1.29 is 9.47 Å². The predicted molar refractivity (Wildman–Crippen MR) is 86.7 cm³/mol. The minimum atomic E-state index is 0.542. The van der Waals surface area contributed by atoms with E-state index in [0.717, 1.165) is 49.7 Å². The van der Waals surface area contributed by atoms with Gasteiger partial charge in [-0.05, 0) is 43.6 Å². The summed E-state index contributed by atoms with van der Waals surface area (Å²) in [6, 6.07) is 6.28. The van der Waals surface area contributed by atoms with Crippen molar-refractivity contribution in [3.63, 3.8) is 0 Å². The Balaban J connectivity index is 1.36. The molecule has 2 aromatic rings. The molecule has 3 heterocycles. The monoisotopic (exact) mass is 311 g/mol. The molecule has 0 unspecified atom stereocenters. The SMILES string of the molecule is c1cnc(C2CCN(Cc3ccc4c(c3)OCCO4)CC2)cn1. The van der Waals surface area contributed by atoms with Crippen LogP contribution < -0.4 is 9.47 Å². The Morgan fingerprint density at radius 1 is 1.04 bits per heavy atom. The third-order valence-corrected chi connectivity index (χ3v) is 4.60. The lowest BCUT2D eigenvalue weighted by molar-refractivity contribution is 0.170. The van der Waals surface area contributed by atoms with Crippen molar-refractivity contribution in [2.75, 3.05) is 26.3 Å². The van der Waals surface area contributed by atoms with Crippen molar-refractivity contribution in [2.24, 2.45) is 0 Å². The quantitative estimate of drug-likeness (QED) is 0.872. The number of rotatable bonds is 3. The Bertz CT molecular complexity index is 655. The topological polar surface area (TPSA) is 47.5 Å². The average molecular weight is 311 g/mol. The molecule has 1 saturated heterocycles. The van der Waals surface area contributed by atoms with Gasteiger partial charge in [0.1, 0.15) is 13.2 Å². The summed E-state index contributed by atoms with van der Waals surface area (Å²) in [5, 5.41) is 0. The lowest BCUT2D eigenvalue weighted by Crippen LogP contribution is -2.32. The van der Waals surface area contributed by atoms with Crippen molar-refractivity contribution in [3.8, 4) is 11.5 Å². The van der Waals surface area contributed by atoms with Gasteiger partial charge in [-0.1, -0.05) is 6.07 Å². The van der Waals surface area contributed by atoms with E-state index in [9.17, 15) is 0 Å². The minimum Gasteiger partial charge on any atom is -0.486 e. The summed E-state index contributed by atoms with van der Waals surface area (Å²) in [6.45, 7) is 4.43. The number of hydrogen-bond acceptors (Lipinski definition) is 5. The molecule has 4 rings (SSSR count). The zero-order valence-corrected chi connectivity index (χ0v) is 13.1. The number of ether oxygens (including phenoxy) is 2. The molecule has 0 bridgehead atoms. The second-order valence-electron chi connectivity index (χ2n) is 6.16. The summed E-state index contributed by atoms with van der Waals surface area (Å²) < 4.78 is 11.2. The number of piperidine rings is 1. The summed E-state index contributed by atoms with van der Waals surface area (Å²) in [4.78, 5) is 11.1. The first-order chi connectivity index (χ1) is 11.4. The molecule has 0 spiro atoms. The van der Waals surface area contributed by atoms with Gasteiger partial charge in [0.05, 0.1) is 5.69 Å². The summed E-state index contributed by atoms with van der Waals surface area (Å²) >= 11 is 0. The van der Waals surface area contributed by atoms with Gasteiger partial charge in [-0.2, -0.15) is 0 Å². The third kappa shape index (κ3) is 3.29. The number of nitrogens with zero attached hydrogens (tertiary/aromatic N) is 3. The molecule has 0 aliphatic carbocycles. The van der Waals surface area contributed by atoms with Crippen LogP contribution in [0.3, 0.4) is 0 Å². The second kappa shape index (κ2) is 6.54. The van der Waals surface area contributed by atoms with Crippen molar-refractivity contribution >= 4 is 0 Å². The van der Waals surface area contributed by atoms with Gasteiger partial charge in [0.25, 0.3) is 0 Å². The van der Waals surface area contributed by atoms with Gasteiger partial charge in [0, 0.05) is 31.1 Å². The maximum atomic E-state index is 5.67. The highest BCUT2D eigenvalue weighted by molar-refractivity contribution is 5.43. The van der Waals surface area contributed by atoms with Crippen LogP contribution in [0.2, 0.25) is 0 Å². The van der Waals surface area contributed by atoms with Crippen LogP contribution in [0.4, 0.5) is 0 Å². The van der Waals surface area contributed by atoms with E-state index >= 15 is 0 Å². The fourth-order valence-electron chi connectivity index (χ4n) is 3.35. The zero-order chi connectivity index (χ0) is 15.5. The number of hydrogen-bond donors (Lipinski definition) is 0. The number of fused-ring (bicyclic) bond motifs is 1. The molecule has 0 radical (unpaired) electrons. The Hall–Kier alpha value is -2.14. The number of benzene rings is 1. The highest BCUT2D eigenvalue weighted by Gasteiger charge is 2.22. The van der Waals surface area contributed by atoms with E-state index in [1.165, 1.54) is 5.56 Å².